The normalized spacial score (nSPS) is 28.3. The summed E-state index contributed by atoms with van der Waals surface area (Å²) < 4.78 is 32.8. The van der Waals surface area contributed by atoms with Gasteiger partial charge in [-0.05, 0) is 19.4 Å². The van der Waals surface area contributed by atoms with Crippen molar-refractivity contribution in [3.8, 4) is 0 Å². The summed E-state index contributed by atoms with van der Waals surface area (Å²) in [5.41, 5.74) is 0. The van der Waals surface area contributed by atoms with E-state index in [0.29, 0.717) is 6.42 Å². The van der Waals surface area contributed by atoms with Gasteiger partial charge in [0.2, 0.25) is 0 Å². The van der Waals surface area contributed by atoms with E-state index in [9.17, 15) is 12.3 Å². The summed E-state index contributed by atoms with van der Waals surface area (Å²) >= 11 is 0. The van der Waals surface area contributed by atoms with Crippen LogP contribution in [0.2, 0.25) is 0 Å². The van der Waals surface area contributed by atoms with Crippen LogP contribution in [0.5, 0.6) is 0 Å². The minimum absolute atomic E-state index is 0.263. The summed E-state index contributed by atoms with van der Waals surface area (Å²) in [5, 5.41) is 2.02. The van der Waals surface area contributed by atoms with E-state index < -0.39 is 15.5 Å². The van der Waals surface area contributed by atoms with Crippen LogP contribution in [0.3, 0.4) is 0 Å². The first-order valence-corrected chi connectivity index (χ1v) is 4.69. The number of hydrogen-bond donors (Lipinski definition) is 1. The summed E-state index contributed by atoms with van der Waals surface area (Å²) in [6, 6.07) is 0. The van der Waals surface area contributed by atoms with Gasteiger partial charge in [-0.25, -0.2) is 0 Å². The van der Waals surface area contributed by atoms with Crippen LogP contribution in [0.1, 0.15) is 12.8 Å². The molecule has 1 heterocycles. The van der Waals surface area contributed by atoms with E-state index in [1.54, 1.807) is 0 Å². The van der Waals surface area contributed by atoms with Crippen LogP contribution in [-0.2, 0) is 10.2 Å². The van der Waals surface area contributed by atoms with E-state index in [0.717, 1.165) is 13.0 Å². The number of hydrogen-bond acceptors (Lipinski definition) is 3. The molecule has 1 unspecified atom stereocenters. The van der Waals surface area contributed by atoms with Gasteiger partial charge in [0.05, 0.1) is 0 Å². The van der Waals surface area contributed by atoms with E-state index >= 15 is 0 Å². The van der Waals surface area contributed by atoms with Gasteiger partial charge in [0.15, 0.2) is 0 Å². The molecular formula is C5H10FNO2S. The molecule has 1 atom stereocenters. The van der Waals surface area contributed by atoms with Gasteiger partial charge in [0, 0.05) is 6.54 Å². The lowest BCUT2D eigenvalue weighted by Gasteiger charge is -2.18. The van der Waals surface area contributed by atoms with Crippen molar-refractivity contribution in [1.29, 1.82) is 0 Å². The molecule has 3 nitrogen and oxygen atoms in total. The average molecular weight is 167 g/mol. The van der Waals surface area contributed by atoms with Crippen LogP contribution in [0.25, 0.3) is 0 Å². The maximum Gasteiger partial charge on any atom is 0.306 e. The Morgan fingerprint density at radius 3 is 2.50 bits per heavy atom. The number of halogens is 1. The summed E-state index contributed by atoms with van der Waals surface area (Å²) in [6.45, 7) is 1.06. The second-order valence-corrected chi connectivity index (χ2v) is 4.06. The summed E-state index contributed by atoms with van der Waals surface area (Å²) in [5.74, 6) is 0. The zero-order chi connectivity index (χ0) is 7.61. The van der Waals surface area contributed by atoms with Crippen LogP contribution in [-0.4, -0.2) is 26.8 Å². The third-order valence-corrected chi connectivity index (χ3v) is 2.85. The molecule has 0 amide bonds. The minimum atomic E-state index is -4.29. The Morgan fingerprint density at radius 2 is 2.20 bits per heavy atom. The number of nitrogens with one attached hydrogen (secondary N) is 1. The Labute approximate surface area is 59.8 Å². The van der Waals surface area contributed by atoms with Gasteiger partial charge in [-0.3, -0.25) is 0 Å². The molecule has 1 fully saturated rings. The van der Waals surface area contributed by atoms with E-state index in [-0.39, 0.29) is 6.54 Å². The molecule has 0 aromatic rings. The molecule has 0 radical (unpaired) electrons. The van der Waals surface area contributed by atoms with Crippen molar-refractivity contribution in [3.63, 3.8) is 0 Å². The SMILES string of the molecule is O=S(=O)(F)C1CCCNC1. The summed E-state index contributed by atoms with van der Waals surface area (Å²) in [6.07, 6.45) is 1.19. The van der Waals surface area contributed by atoms with Crippen molar-refractivity contribution in [2.24, 2.45) is 0 Å². The molecule has 1 saturated heterocycles. The first-order chi connectivity index (χ1) is 4.61. The van der Waals surface area contributed by atoms with Crippen LogP contribution < -0.4 is 5.32 Å². The maximum absolute atomic E-state index is 12.2. The zero-order valence-corrected chi connectivity index (χ0v) is 6.32. The third kappa shape index (κ3) is 1.91. The smallest absolute Gasteiger partial charge is 0.306 e. The zero-order valence-electron chi connectivity index (χ0n) is 5.51. The average Bonchev–Trinajstić information content (AvgIpc) is 1.88. The highest BCUT2D eigenvalue weighted by atomic mass is 32.3. The van der Waals surface area contributed by atoms with Gasteiger partial charge in [-0.15, -0.1) is 3.89 Å². The van der Waals surface area contributed by atoms with E-state index in [1.165, 1.54) is 0 Å². The van der Waals surface area contributed by atoms with Gasteiger partial charge >= 0.3 is 10.2 Å². The van der Waals surface area contributed by atoms with Gasteiger partial charge < -0.3 is 5.32 Å². The maximum atomic E-state index is 12.2. The fourth-order valence-electron chi connectivity index (χ4n) is 1.06. The number of piperidine rings is 1. The predicted octanol–water partition coefficient (Wildman–Crippen LogP) is 0.0377. The Hall–Kier alpha value is -0.160. The minimum Gasteiger partial charge on any atom is -0.315 e. The second kappa shape index (κ2) is 2.84. The van der Waals surface area contributed by atoms with Crippen LogP contribution in [0.15, 0.2) is 0 Å². The fraction of sp³-hybridized carbons (Fsp3) is 1.00. The van der Waals surface area contributed by atoms with Crippen LogP contribution in [0.4, 0.5) is 3.89 Å². The molecule has 10 heavy (non-hydrogen) atoms. The quantitative estimate of drug-likeness (QED) is 0.561. The molecule has 1 rings (SSSR count). The first kappa shape index (κ1) is 7.94. The molecule has 1 aliphatic rings. The molecule has 0 bridgehead atoms. The standard InChI is InChI=1S/C5H10FNO2S/c6-10(8,9)5-2-1-3-7-4-5/h5,7H,1-4H2. The van der Waals surface area contributed by atoms with Gasteiger partial charge in [0.25, 0.3) is 0 Å². The molecule has 60 valence electrons. The van der Waals surface area contributed by atoms with Gasteiger partial charge in [-0.1, -0.05) is 0 Å². The number of rotatable bonds is 1. The highest BCUT2D eigenvalue weighted by Gasteiger charge is 2.25. The molecule has 0 aromatic carbocycles. The fourth-order valence-corrected chi connectivity index (χ4v) is 1.83. The van der Waals surface area contributed by atoms with Crippen LogP contribution in [0, 0.1) is 0 Å². The summed E-state index contributed by atoms with van der Waals surface area (Å²) in [4.78, 5) is 0. The predicted molar refractivity (Wildman–Crippen MR) is 35.9 cm³/mol. The van der Waals surface area contributed by atoms with Crippen molar-refractivity contribution in [1.82, 2.24) is 5.32 Å². The lowest BCUT2D eigenvalue weighted by Crippen LogP contribution is -2.37. The van der Waals surface area contributed by atoms with E-state index in [2.05, 4.69) is 5.32 Å². The Morgan fingerprint density at radius 1 is 1.50 bits per heavy atom. The molecule has 5 heteroatoms. The van der Waals surface area contributed by atoms with Gasteiger partial charge in [0.1, 0.15) is 5.25 Å². The molecule has 0 spiro atoms. The highest BCUT2D eigenvalue weighted by Crippen LogP contribution is 2.12. The Kier molecular flexibility index (Phi) is 2.25. The third-order valence-electron chi connectivity index (χ3n) is 1.65. The van der Waals surface area contributed by atoms with E-state index in [4.69, 9.17) is 0 Å². The second-order valence-electron chi connectivity index (χ2n) is 2.44. The molecule has 0 saturated carbocycles. The van der Waals surface area contributed by atoms with Crippen molar-refractivity contribution in [2.45, 2.75) is 18.1 Å². The van der Waals surface area contributed by atoms with Crippen molar-refractivity contribution >= 4 is 10.2 Å². The lowest BCUT2D eigenvalue weighted by atomic mass is 10.2. The largest absolute Gasteiger partial charge is 0.315 e. The van der Waals surface area contributed by atoms with Crippen molar-refractivity contribution in [3.05, 3.63) is 0 Å². The van der Waals surface area contributed by atoms with E-state index in [1.807, 2.05) is 0 Å². The summed E-state index contributed by atoms with van der Waals surface area (Å²) in [7, 11) is -4.29. The molecule has 1 aliphatic heterocycles. The molecule has 0 aliphatic carbocycles. The first-order valence-electron chi connectivity index (χ1n) is 3.25. The van der Waals surface area contributed by atoms with Crippen molar-refractivity contribution < 1.29 is 12.3 Å². The Balaban J connectivity index is 2.56. The topological polar surface area (TPSA) is 46.2 Å². The molecule has 0 aromatic heterocycles. The van der Waals surface area contributed by atoms with Gasteiger partial charge in [-0.2, -0.15) is 8.42 Å². The molecule has 1 N–H and O–H groups in total. The highest BCUT2D eigenvalue weighted by molar-refractivity contribution is 7.87. The molecular weight excluding hydrogens is 157 g/mol. The Bertz CT molecular complexity index is 196. The lowest BCUT2D eigenvalue weighted by molar-refractivity contribution is 0.473. The van der Waals surface area contributed by atoms with Crippen molar-refractivity contribution in [2.75, 3.05) is 13.1 Å². The monoisotopic (exact) mass is 167 g/mol. The van der Waals surface area contributed by atoms with Crippen LogP contribution >= 0.6 is 0 Å².